The molecule has 0 aromatic heterocycles. The van der Waals surface area contributed by atoms with Crippen molar-refractivity contribution in [3.63, 3.8) is 0 Å². The van der Waals surface area contributed by atoms with Crippen LogP contribution in [0.15, 0.2) is 23.1 Å². The number of hydrogen-bond donors (Lipinski definition) is 2. The number of carbonyl (C=O) groups excluding carboxylic acids is 1. The summed E-state index contributed by atoms with van der Waals surface area (Å²) < 4.78 is 31.0. The highest BCUT2D eigenvalue weighted by molar-refractivity contribution is 7.89. The molecule has 0 saturated heterocycles. The van der Waals surface area contributed by atoms with E-state index in [0.717, 1.165) is 4.31 Å². The molecule has 9 heteroatoms. The first-order valence-corrected chi connectivity index (χ1v) is 7.96. The lowest BCUT2D eigenvalue weighted by atomic mass is 10.3. The first kappa shape index (κ1) is 20.6. The molecule has 0 atom stereocenters. The Hall–Kier alpha value is -1.35. The third-order valence-corrected chi connectivity index (χ3v) is 4.49. The normalized spacial score (nSPS) is 11.0. The average Bonchev–Trinajstić information content (AvgIpc) is 2.40. The zero-order valence-electron chi connectivity index (χ0n) is 12.8. The summed E-state index contributed by atoms with van der Waals surface area (Å²) in [5.74, 6) is -0.0158. The predicted octanol–water partition coefficient (Wildman–Crippen LogP) is 1.04. The standard InChI is InChI=1S/C13H21N3O4S.ClH/c1-4-20-11-6-5-10(15-13(17)7-8-14)9-12(11)21(18,19)16(2)3;/h5-6,9H,4,7-8,14H2,1-3H3,(H,15,17);1H. The molecule has 0 fully saturated rings. The lowest BCUT2D eigenvalue weighted by Crippen LogP contribution is -2.23. The predicted molar refractivity (Wildman–Crippen MR) is 88.0 cm³/mol. The van der Waals surface area contributed by atoms with Crippen LogP contribution in [0.4, 0.5) is 5.69 Å². The van der Waals surface area contributed by atoms with Crippen molar-refractivity contribution in [3.8, 4) is 5.75 Å². The largest absolute Gasteiger partial charge is 0.492 e. The van der Waals surface area contributed by atoms with Gasteiger partial charge in [0.15, 0.2) is 0 Å². The molecule has 1 amide bonds. The van der Waals surface area contributed by atoms with Crippen molar-refractivity contribution in [1.82, 2.24) is 4.31 Å². The molecule has 1 rings (SSSR count). The smallest absolute Gasteiger partial charge is 0.246 e. The quantitative estimate of drug-likeness (QED) is 0.764. The molecule has 22 heavy (non-hydrogen) atoms. The maximum atomic E-state index is 12.3. The van der Waals surface area contributed by atoms with E-state index in [2.05, 4.69) is 5.32 Å². The fourth-order valence-electron chi connectivity index (χ4n) is 1.61. The minimum absolute atomic E-state index is 0. The van der Waals surface area contributed by atoms with Crippen molar-refractivity contribution in [2.24, 2.45) is 5.73 Å². The lowest BCUT2D eigenvalue weighted by Gasteiger charge is -2.16. The first-order chi connectivity index (χ1) is 9.82. The van der Waals surface area contributed by atoms with E-state index in [9.17, 15) is 13.2 Å². The van der Waals surface area contributed by atoms with Gasteiger partial charge in [-0.2, -0.15) is 0 Å². The van der Waals surface area contributed by atoms with Crippen molar-refractivity contribution in [3.05, 3.63) is 18.2 Å². The molecule has 0 aliphatic heterocycles. The van der Waals surface area contributed by atoms with Crippen LogP contribution in [-0.2, 0) is 14.8 Å². The Bertz CT molecular complexity index is 605. The van der Waals surface area contributed by atoms with Gasteiger partial charge in [-0.25, -0.2) is 12.7 Å². The van der Waals surface area contributed by atoms with Crippen LogP contribution in [0.2, 0.25) is 0 Å². The van der Waals surface area contributed by atoms with Gasteiger partial charge in [0.05, 0.1) is 6.61 Å². The fourth-order valence-corrected chi connectivity index (χ4v) is 2.66. The Labute approximate surface area is 137 Å². The van der Waals surface area contributed by atoms with Gasteiger partial charge in [0.2, 0.25) is 15.9 Å². The zero-order chi connectivity index (χ0) is 16.0. The molecule has 0 aliphatic rings. The minimum atomic E-state index is -3.67. The number of sulfonamides is 1. The summed E-state index contributed by atoms with van der Waals surface area (Å²) in [7, 11) is -0.797. The number of rotatable bonds is 7. The summed E-state index contributed by atoms with van der Waals surface area (Å²) in [6, 6.07) is 4.50. The molecule has 0 unspecified atom stereocenters. The highest BCUT2D eigenvalue weighted by atomic mass is 35.5. The summed E-state index contributed by atoms with van der Waals surface area (Å²) in [6.45, 7) is 2.34. The second-order valence-electron chi connectivity index (χ2n) is 4.47. The number of nitrogens with two attached hydrogens (primary N) is 1. The maximum absolute atomic E-state index is 12.3. The van der Waals surface area contributed by atoms with Gasteiger partial charge in [-0.05, 0) is 25.1 Å². The molecule has 0 bridgehead atoms. The van der Waals surface area contributed by atoms with Gasteiger partial charge in [-0.3, -0.25) is 4.79 Å². The Morgan fingerprint density at radius 1 is 1.36 bits per heavy atom. The van der Waals surface area contributed by atoms with Crippen LogP contribution >= 0.6 is 12.4 Å². The van der Waals surface area contributed by atoms with E-state index in [1.54, 1.807) is 13.0 Å². The van der Waals surface area contributed by atoms with Crippen LogP contribution < -0.4 is 15.8 Å². The van der Waals surface area contributed by atoms with E-state index in [4.69, 9.17) is 10.5 Å². The Morgan fingerprint density at radius 3 is 2.50 bits per heavy atom. The Kier molecular flexibility index (Phi) is 8.39. The van der Waals surface area contributed by atoms with Gasteiger partial charge in [0.25, 0.3) is 0 Å². The summed E-state index contributed by atoms with van der Waals surface area (Å²) >= 11 is 0. The van der Waals surface area contributed by atoms with Crippen molar-refractivity contribution >= 4 is 34.0 Å². The third-order valence-electron chi connectivity index (χ3n) is 2.66. The molecule has 1 aromatic rings. The van der Waals surface area contributed by atoms with Crippen molar-refractivity contribution in [2.45, 2.75) is 18.2 Å². The van der Waals surface area contributed by atoms with Gasteiger partial charge < -0.3 is 15.8 Å². The molecular formula is C13H22ClN3O4S. The highest BCUT2D eigenvalue weighted by Gasteiger charge is 2.23. The van der Waals surface area contributed by atoms with Gasteiger partial charge in [0.1, 0.15) is 10.6 Å². The molecule has 7 nitrogen and oxygen atoms in total. The molecule has 0 aliphatic carbocycles. The van der Waals surface area contributed by atoms with E-state index >= 15 is 0 Å². The van der Waals surface area contributed by atoms with Gasteiger partial charge in [-0.1, -0.05) is 0 Å². The second kappa shape index (κ2) is 8.94. The summed E-state index contributed by atoms with van der Waals surface area (Å²) in [5, 5.41) is 2.61. The molecule has 126 valence electrons. The van der Waals surface area contributed by atoms with Gasteiger partial charge in [-0.15, -0.1) is 12.4 Å². The molecule has 0 heterocycles. The van der Waals surface area contributed by atoms with Crippen molar-refractivity contribution < 1.29 is 17.9 Å². The number of amides is 1. The van der Waals surface area contributed by atoms with E-state index in [1.165, 1.54) is 26.2 Å². The topological polar surface area (TPSA) is 102 Å². The summed E-state index contributed by atoms with van der Waals surface area (Å²) in [5.41, 5.74) is 5.69. The fraction of sp³-hybridized carbons (Fsp3) is 0.462. The molecule has 1 aromatic carbocycles. The molecule has 3 N–H and O–H groups in total. The van der Waals surface area contributed by atoms with Crippen LogP contribution in [0.1, 0.15) is 13.3 Å². The maximum Gasteiger partial charge on any atom is 0.246 e. The monoisotopic (exact) mass is 351 g/mol. The number of carbonyl (C=O) groups is 1. The molecular weight excluding hydrogens is 330 g/mol. The zero-order valence-corrected chi connectivity index (χ0v) is 14.5. The summed E-state index contributed by atoms with van der Waals surface area (Å²) in [4.78, 5) is 11.5. The Balaban J connectivity index is 0.00000441. The van der Waals surface area contributed by atoms with Gasteiger partial charge in [0, 0.05) is 32.7 Å². The molecule has 0 spiro atoms. The van der Waals surface area contributed by atoms with Crippen LogP contribution in [-0.4, -0.2) is 45.9 Å². The number of anilines is 1. The van der Waals surface area contributed by atoms with Crippen LogP contribution in [0.5, 0.6) is 5.75 Å². The van der Waals surface area contributed by atoms with Crippen molar-refractivity contribution in [2.75, 3.05) is 32.6 Å². The third kappa shape index (κ3) is 5.13. The molecule has 0 saturated carbocycles. The minimum Gasteiger partial charge on any atom is -0.492 e. The van der Waals surface area contributed by atoms with E-state index in [1.807, 2.05) is 0 Å². The SMILES string of the molecule is CCOc1ccc(NC(=O)CCN)cc1S(=O)(=O)N(C)C.Cl. The average molecular weight is 352 g/mol. The molecule has 0 radical (unpaired) electrons. The van der Waals surface area contributed by atoms with Crippen LogP contribution in [0, 0.1) is 0 Å². The number of hydrogen-bond acceptors (Lipinski definition) is 5. The number of nitrogens with one attached hydrogen (secondary N) is 1. The van der Waals surface area contributed by atoms with E-state index in [-0.39, 0.29) is 41.9 Å². The number of halogens is 1. The Morgan fingerprint density at radius 2 is 2.00 bits per heavy atom. The van der Waals surface area contributed by atoms with Crippen LogP contribution in [0.25, 0.3) is 0 Å². The van der Waals surface area contributed by atoms with E-state index < -0.39 is 10.0 Å². The lowest BCUT2D eigenvalue weighted by molar-refractivity contribution is -0.116. The van der Waals surface area contributed by atoms with Gasteiger partial charge >= 0.3 is 0 Å². The summed E-state index contributed by atoms with van der Waals surface area (Å²) in [6.07, 6.45) is 0.170. The first-order valence-electron chi connectivity index (χ1n) is 6.52. The highest BCUT2D eigenvalue weighted by Crippen LogP contribution is 2.29. The second-order valence-corrected chi connectivity index (χ2v) is 6.59. The number of nitrogens with zero attached hydrogens (tertiary/aromatic N) is 1. The number of ether oxygens (including phenoxy) is 1. The van der Waals surface area contributed by atoms with Crippen LogP contribution in [0.3, 0.4) is 0 Å². The van der Waals surface area contributed by atoms with Crippen molar-refractivity contribution in [1.29, 1.82) is 0 Å². The van der Waals surface area contributed by atoms with E-state index in [0.29, 0.717) is 12.3 Å². The number of benzene rings is 1.